The van der Waals surface area contributed by atoms with Crippen molar-refractivity contribution in [2.24, 2.45) is 0 Å². The average molecular weight is 267 g/mol. The van der Waals surface area contributed by atoms with Crippen LogP contribution in [0.2, 0.25) is 0 Å². The molecule has 0 unspecified atom stereocenters. The number of benzene rings is 1. The third kappa shape index (κ3) is 2.98. The number of rotatable bonds is 4. The molecule has 19 heavy (non-hydrogen) atoms. The van der Waals surface area contributed by atoms with Crippen molar-refractivity contribution in [1.82, 2.24) is 9.97 Å². The van der Waals surface area contributed by atoms with Crippen LogP contribution >= 0.6 is 11.3 Å². The molecule has 0 atom stereocenters. The summed E-state index contributed by atoms with van der Waals surface area (Å²) in [7, 11) is 0. The number of hydrogen-bond acceptors (Lipinski definition) is 4. The predicted octanol–water partition coefficient (Wildman–Crippen LogP) is 3.82. The predicted molar refractivity (Wildman–Crippen MR) is 79.1 cm³/mol. The second-order valence-electron chi connectivity index (χ2n) is 4.07. The first-order valence-corrected chi connectivity index (χ1v) is 6.88. The van der Waals surface area contributed by atoms with Gasteiger partial charge in [-0.05, 0) is 17.7 Å². The Hall–Kier alpha value is -2.20. The fraction of sp³-hybridized carbons (Fsp3) is 0.0667. The molecule has 0 aliphatic rings. The van der Waals surface area contributed by atoms with Crippen LogP contribution in [0, 0.1) is 0 Å². The van der Waals surface area contributed by atoms with Crippen LogP contribution in [0.5, 0.6) is 0 Å². The van der Waals surface area contributed by atoms with Crippen LogP contribution in [-0.4, -0.2) is 9.97 Å². The first-order chi connectivity index (χ1) is 9.42. The van der Waals surface area contributed by atoms with Crippen LogP contribution in [-0.2, 0) is 6.54 Å². The Morgan fingerprint density at radius 1 is 0.947 bits per heavy atom. The van der Waals surface area contributed by atoms with Gasteiger partial charge in [-0.2, -0.15) is 0 Å². The molecule has 1 aromatic carbocycles. The second-order valence-corrected chi connectivity index (χ2v) is 5.10. The number of pyridine rings is 1. The zero-order chi connectivity index (χ0) is 12.9. The van der Waals surface area contributed by atoms with Gasteiger partial charge in [0.15, 0.2) is 5.13 Å². The number of nitrogens with zero attached hydrogens (tertiary/aromatic N) is 2. The summed E-state index contributed by atoms with van der Waals surface area (Å²) in [6.45, 7) is 0.697. The molecular weight excluding hydrogens is 254 g/mol. The van der Waals surface area contributed by atoms with Crippen molar-refractivity contribution in [2.75, 3.05) is 5.32 Å². The van der Waals surface area contributed by atoms with Gasteiger partial charge in [-0.15, -0.1) is 0 Å². The molecule has 0 saturated heterocycles. The molecule has 0 spiro atoms. The molecule has 0 aliphatic carbocycles. The highest BCUT2D eigenvalue weighted by molar-refractivity contribution is 7.18. The topological polar surface area (TPSA) is 37.8 Å². The molecule has 0 amide bonds. The maximum atomic E-state index is 4.39. The van der Waals surface area contributed by atoms with Gasteiger partial charge in [0.25, 0.3) is 0 Å². The molecule has 0 saturated carbocycles. The number of anilines is 1. The highest BCUT2D eigenvalue weighted by Gasteiger charge is 2.03. The van der Waals surface area contributed by atoms with E-state index in [-0.39, 0.29) is 0 Å². The minimum Gasteiger partial charge on any atom is -0.356 e. The maximum Gasteiger partial charge on any atom is 0.183 e. The maximum absolute atomic E-state index is 4.39. The van der Waals surface area contributed by atoms with Gasteiger partial charge in [0.1, 0.15) is 0 Å². The van der Waals surface area contributed by atoms with Crippen molar-refractivity contribution in [3.05, 3.63) is 66.6 Å². The summed E-state index contributed by atoms with van der Waals surface area (Å²) in [6.07, 6.45) is 3.70. The fourth-order valence-electron chi connectivity index (χ4n) is 1.76. The summed E-state index contributed by atoms with van der Waals surface area (Å²) >= 11 is 1.66. The third-order valence-corrected chi connectivity index (χ3v) is 3.71. The van der Waals surface area contributed by atoms with E-state index in [1.165, 1.54) is 10.4 Å². The monoisotopic (exact) mass is 267 g/mol. The molecule has 2 heterocycles. The largest absolute Gasteiger partial charge is 0.356 e. The lowest BCUT2D eigenvalue weighted by molar-refractivity contribution is 1.04. The molecule has 4 heteroatoms. The van der Waals surface area contributed by atoms with Gasteiger partial charge in [-0.25, -0.2) is 4.98 Å². The van der Waals surface area contributed by atoms with Crippen LogP contribution in [0.1, 0.15) is 5.69 Å². The summed E-state index contributed by atoms with van der Waals surface area (Å²) < 4.78 is 0. The summed E-state index contributed by atoms with van der Waals surface area (Å²) in [4.78, 5) is 9.83. The zero-order valence-electron chi connectivity index (χ0n) is 10.3. The van der Waals surface area contributed by atoms with E-state index in [1.54, 1.807) is 17.5 Å². The normalized spacial score (nSPS) is 10.3. The molecule has 0 radical (unpaired) electrons. The molecule has 0 aliphatic heterocycles. The van der Waals surface area contributed by atoms with E-state index in [0.717, 1.165) is 10.8 Å². The Bertz CT molecular complexity index is 635. The number of thiazole rings is 1. The minimum absolute atomic E-state index is 0.697. The Balaban J connectivity index is 1.69. The second kappa shape index (κ2) is 5.63. The van der Waals surface area contributed by atoms with Gasteiger partial charge in [-0.1, -0.05) is 47.7 Å². The Kier molecular flexibility index (Phi) is 3.51. The number of hydrogen-bond donors (Lipinski definition) is 1. The van der Waals surface area contributed by atoms with Crippen molar-refractivity contribution in [2.45, 2.75) is 6.54 Å². The van der Waals surface area contributed by atoms with Crippen LogP contribution in [0.25, 0.3) is 10.4 Å². The molecule has 2 aromatic heterocycles. The van der Waals surface area contributed by atoms with Gasteiger partial charge in [0.2, 0.25) is 0 Å². The van der Waals surface area contributed by atoms with E-state index in [1.807, 2.05) is 42.6 Å². The van der Waals surface area contributed by atoms with Gasteiger partial charge in [0.05, 0.1) is 17.1 Å². The first kappa shape index (κ1) is 11.9. The minimum atomic E-state index is 0.697. The summed E-state index contributed by atoms with van der Waals surface area (Å²) in [5, 5.41) is 4.22. The SMILES string of the molecule is c1ccc(-c2cnc(NCc3ccccn3)s2)cc1. The summed E-state index contributed by atoms with van der Waals surface area (Å²) in [6, 6.07) is 16.2. The van der Waals surface area contributed by atoms with Gasteiger partial charge >= 0.3 is 0 Å². The van der Waals surface area contributed by atoms with E-state index in [2.05, 4.69) is 27.4 Å². The van der Waals surface area contributed by atoms with E-state index >= 15 is 0 Å². The molecule has 0 fully saturated rings. The smallest absolute Gasteiger partial charge is 0.183 e. The Morgan fingerprint density at radius 3 is 2.58 bits per heavy atom. The first-order valence-electron chi connectivity index (χ1n) is 6.07. The highest BCUT2D eigenvalue weighted by Crippen LogP contribution is 2.28. The quantitative estimate of drug-likeness (QED) is 0.781. The van der Waals surface area contributed by atoms with Crippen molar-refractivity contribution in [3.8, 4) is 10.4 Å². The van der Waals surface area contributed by atoms with E-state index in [0.29, 0.717) is 6.54 Å². The molecule has 3 nitrogen and oxygen atoms in total. The number of nitrogens with one attached hydrogen (secondary N) is 1. The van der Waals surface area contributed by atoms with Gasteiger partial charge < -0.3 is 5.32 Å². The van der Waals surface area contributed by atoms with E-state index in [4.69, 9.17) is 0 Å². The lowest BCUT2D eigenvalue weighted by Gasteiger charge is -2.00. The number of aromatic nitrogens is 2. The zero-order valence-corrected chi connectivity index (χ0v) is 11.1. The third-order valence-electron chi connectivity index (χ3n) is 2.71. The summed E-state index contributed by atoms with van der Waals surface area (Å²) in [5.41, 5.74) is 2.21. The van der Waals surface area contributed by atoms with E-state index < -0.39 is 0 Å². The molecule has 0 bridgehead atoms. The molecule has 94 valence electrons. The average Bonchev–Trinajstić information content (AvgIpc) is 2.96. The van der Waals surface area contributed by atoms with Crippen molar-refractivity contribution >= 4 is 16.5 Å². The molecule has 3 aromatic rings. The van der Waals surface area contributed by atoms with Crippen LogP contribution in [0.3, 0.4) is 0 Å². The van der Waals surface area contributed by atoms with Crippen LogP contribution in [0.15, 0.2) is 60.9 Å². The summed E-state index contributed by atoms with van der Waals surface area (Å²) in [5.74, 6) is 0. The van der Waals surface area contributed by atoms with Crippen molar-refractivity contribution < 1.29 is 0 Å². The Morgan fingerprint density at radius 2 is 1.79 bits per heavy atom. The van der Waals surface area contributed by atoms with Crippen molar-refractivity contribution in [1.29, 1.82) is 0 Å². The standard InChI is InChI=1S/C15H13N3S/c1-2-6-12(7-3-1)14-11-18-15(19-14)17-10-13-8-4-5-9-16-13/h1-9,11H,10H2,(H,17,18). The Labute approximate surface area is 116 Å². The highest BCUT2D eigenvalue weighted by atomic mass is 32.1. The molecular formula is C15H13N3S. The van der Waals surface area contributed by atoms with Gasteiger partial charge in [0, 0.05) is 12.4 Å². The lowest BCUT2D eigenvalue weighted by Crippen LogP contribution is -2.00. The molecule has 3 rings (SSSR count). The molecule has 1 N–H and O–H groups in total. The van der Waals surface area contributed by atoms with Gasteiger partial charge in [-0.3, -0.25) is 4.98 Å². The van der Waals surface area contributed by atoms with E-state index in [9.17, 15) is 0 Å². The van der Waals surface area contributed by atoms with Crippen molar-refractivity contribution in [3.63, 3.8) is 0 Å². The van der Waals surface area contributed by atoms with Crippen LogP contribution in [0.4, 0.5) is 5.13 Å². The fourth-order valence-corrected chi connectivity index (χ4v) is 2.58. The lowest BCUT2D eigenvalue weighted by atomic mass is 10.2. The van der Waals surface area contributed by atoms with Crippen LogP contribution < -0.4 is 5.32 Å².